The van der Waals surface area contributed by atoms with Crippen LogP contribution in [0.15, 0.2) is 47.1 Å². The summed E-state index contributed by atoms with van der Waals surface area (Å²) in [6.45, 7) is 4.54. The predicted octanol–water partition coefficient (Wildman–Crippen LogP) is 3.44. The monoisotopic (exact) mass is 405 g/mol. The number of hydrogen-bond acceptors (Lipinski definition) is 5. The number of amides is 1. The van der Waals surface area contributed by atoms with Crippen molar-refractivity contribution in [1.82, 2.24) is 24.8 Å². The summed E-state index contributed by atoms with van der Waals surface area (Å²) in [7, 11) is 3.95. The average Bonchev–Trinajstić information content (AvgIpc) is 3.36. The molecule has 0 saturated carbocycles. The van der Waals surface area contributed by atoms with Gasteiger partial charge in [0.2, 0.25) is 5.91 Å². The molecular weight excluding hydrogens is 378 g/mol. The molecule has 0 spiro atoms. The van der Waals surface area contributed by atoms with Crippen LogP contribution in [0.3, 0.4) is 0 Å². The highest BCUT2D eigenvalue weighted by molar-refractivity contribution is 5.92. The first kappa shape index (κ1) is 20.1. The summed E-state index contributed by atoms with van der Waals surface area (Å²) in [5.74, 6) is 0.852. The second-order valence-electron chi connectivity index (χ2n) is 7.81. The number of fused-ring (bicyclic) bond motifs is 3. The van der Waals surface area contributed by atoms with E-state index in [1.165, 1.54) is 0 Å². The van der Waals surface area contributed by atoms with Crippen LogP contribution in [0.1, 0.15) is 35.2 Å². The predicted molar refractivity (Wildman–Crippen MR) is 116 cm³/mol. The Morgan fingerprint density at radius 3 is 2.73 bits per heavy atom. The molecule has 1 unspecified atom stereocenters. The standard InChI is InChI=1S/C23H27N5O2/c1-15-17(16(2)28-23(25-15)18-8-5-6-9-19(18)26-28)11-12-22(29)24-14-20(27(3)4)21-10-7-13-30-21/h5-10,13,20H,11-12,14H2,1-4H3,(H,24,29). The van der Waals surface area contributed by atoms with Crippen LogP contribution in [0.25, 0.3) is 16.6 Å². The van der Waals surface area contributed by atoms with Gasteiger partial charge in [-0.2, -0.15) is 5.10 Å². The van der Waals surface area contributed by atoms with Crippen LogP contribution in [-0.4, -0.2) is 46.0 Å². The van der Waals surface area contributed by atoms with Crippen molar-refractivity contribution in [2.45, 2.75) is 32.7 Å². The maximum atomic E-state index is 12.5. The second-order valence-corrected chi connectivity index (χ2v) is 7.81. The third-order valence-corrected chi connectivity index (χ3v) is 5.61. The molecule has 0 radical (unpaired) electrons. The third kappa shape index (κ3) is 3.80. The molecule has 0 aliphatic carbocycles. The number of benzene rings is 1. The van der Waals surface area contributed by atoms with Gasteiger partial charge >= 0.3 is 0 Å². The highest BCUT2D eigenvalue weighted by Crippen LogP contribution is 2.23. The number of furan rings is 1. The Bertz CT molecular complexity index is 1180. The number of carbonyl (C=O) groups is 1. The minimum atomic E-state index is 0.00180. The van der Waals surface area contributed by atoms with Crippen molar-refractivity contribution in [2.75, 3.05) is 20.6 Å². The molecule has 3 aromatic heterocycles. The lowest BCUT2D eigenvalue weighted by Crippen LogP contribution is -2.34. The van der Waals surface area contributed by atoms with E-state index < -0.39 is 0 Å². The molecule has 156 valence electrons. The lowest BCUT2D eigenvalue weighted by molar-refractivity contribution is -0.121. The summed E-state index contributed by atoms with van der Waals surface area (Å²) in [5, 5.41) is 8.77. The van der Waals surface area contributed by atoms with Crippen LogP contribution in [0, 0.1) is 13.8 Å². The van der Waals surface area contributed by atoms with Gasteiger partial charge in [0, 0.05) is 29.7 Å². The molecule has 1 N–H and O–H groups in total. The van der Waals surface area contributed by atoms with Gasteiger partial charge in [-0.25, -0.2) is 9.50 Å². The SMILES string of the molecule is Cc1nc2c3ccccc3nn2c(C)c1CCC(=O)NCC(c1ccco1)N(C)C. The zero-order valence-corrected chi connectivity index (χ0v) is 17.8. The topological polar surface area (TPSA) is 75.7 Å². The van der Waals surface area contributed by atoms with Crippen molar-refractivity contribution in [3.8, 4) is 0 Å². The van der Waals surface area contributed by atoms with Crippen LogP contribution in [0.4, 0.5) is 0 Å². The Kier molecular flexibility index (Phi) is 5.55. The van der Waals surface area contributed by atoms with E-state index in [-0.39, 0.29) is 11.9 Å². The van der Waals surface area contributed by atoms with Crippen molar-refractivity contribution in [1.29, 1.82) is 0 Å². The second kappa shape index (κ2) is 8.28. The number of aromatic nitrogens is 3. The van der Waals surface area contributed by atoms with Crippen LogP contribution >= 0.6 is 0 Å². The molecular formula is C23H27N5O2. The molecule has 4 aromatic rings. The first-order valence-corrected chi connectivity index (χ1v) is 10.2. The van der Waals surface area contributed by atoms with Crippen molar-refractivity contribution in [2.24, 2.45) is 0 Å². The Morgan fingerprint density at radius 2 is 2.00 bits per heavy atom. The smallest absolute Gasteiger partial charge is 0.220 e. The number of likely N-dealkylation sites (N-methyl/N-ethyl adjacent to an activating group) is 1. The molecule has 7 nitrogen and oxygen atoms in total. The van der Waals surface area contributed by atoms with E-state index >= 15 is 0 Å². The molecule has 4 rings (SSSR count). The minimum Gasteiger partial charge on any atom is -0.468 e. The van der Waals surface area contributed by atoms with Crippen LogP contribution < -0.4 is 5.32 Å². The van der Waals surface area contributed by atoms with Crippen molar-refractivity contribution < 1.29 is 9.21 Å². The van der Waals surface area contributed by atoms with Crippen molar-refractivity contribution in [3.05, 3.63) is 65.4 Å². The quantitative estimate of drug-likeness (QED) is 0.510. The fourth-order valence-electron chi connectivity index (χ4n) is 3.89. The molecule has 0 aliphatic rings. The van der Waals surface area contributed by atoms with Gasteiger partial charge in [0.15, 0.2) is 5.65 Å². The summed E-state index contributed by atoms with van der Waals surface area (Å²) in [5.41, 5.74) is 4.83. The maximum absolute atomic E-state index is 12.5. The summed E-state index contributed by atoms with van der Waals surface area (Å²) in [6, 6.07) is 11.8. The molecule has 0 aliphatic heterocycles. The zero-order chi connectivity index (χ0) is 21.3. The molecule has 0 bridgehead atoms. The van der Waals surface area contributed by atoms with E-state index in [9.17, 15) is 4.79 Å². The van der Waals surface area contributed by atoms with Gasteiger partial charge in [0.05, 0.1) is 17.8 Å². The van der Waals surface area contributed by atoms with E-state index in [0.717, 1.165) is 39.3 Å². The molecule has 7 heteroatoms. The van der Waals surface area contributed by atoms with Crippen LogP contribution in [0.5, 0.6) is 0 Å². The number of nitrogens with zero attached hydrogens (tertiary/aromatic N) is 4. The molecule has 3 heterocycles. The summed E-state index contributed by atoms with van der Waals surface area (Å²) >= 11 is 0. The van der Waals surface area contributed by atoms with Crippen LogP contribution in [-0.2, 0) is 11.2 Å². The Balaban J connectivity index is 1.46. The molecule has 0 saturated heterocycles. The van der Waals surface area contributed by atoms with Crippen molar-refractivity contribution >= 4 is 22.5 Å². The molecule has 30 heavy (non-hydrogen) atoms. The Labute approximate surface area is 175 Å². The normalized spacial score (nSPS) is 12.7. The molecule has 1 aromatic carbocycles. The van der Waals surface area contributed by atoms with Gasteiger partial charge in [-0.05, 0) is 64.2 Å². The molecule has 1 amide bonds. The lowest BCUT2D eigenvalue weighted by Gasteiger charge is -2.22. The van der Waals surface area contributed by atoms with E-state index in [2.05, 4.69) is 10.4 Å². The Morgan fingerprint density at radius 1 is 1.20 bits per heavy atom. The summed E-state index contributed by atoms with van der Waals surface area (Å²) in [6.07, 6.45) is 2.67. The number of rotatable bonds is 7. The van der Waals surface area contributed by atoms with Crippen molar-refractivity contribution in [3.63, 3.8) is 0 Å². The van der Waals surface area contributed by atoms with E-state index in [0.29, 0.717) is 19.4 Å². The fraction of sp³-hybridized carbons (Fsp3) is 0.348. The lowest BCUT2D eigenvalue weighted by atomic mass is 10.1. The summed E-state index contributed by atoms with van der Waals surface area (Å²) in [4.78, 5) is 19.4. The summed E-state index contributed by atoms with van der Waals surface area (Å²) < 4.78 is 7.40. The highest BCUT2D eigenvalue weighted by atomic mass is 16.3. The van der Waals surface area contributed by atoms with Gasteiger partial charge in [-0.15, -0.1) is 0 Å². The van der Waals surface area contributed by atoms with E-state index in [4.69, 9.17) is 9.40 Å². The zero-order valence-electron chi connectivity index (χ0n) is 17.8. The number of carbonyl (C=O) groups excluding carboxylic acids is 1. The average molecular weight is 406 g/mol. The van der Waals surface area contributed by atoms with Crippen LogP contribution in [0.2, 0.25) is 0 Å². The maximum Gasteiger partial charge on any atom is 0.220 e. The fourth-order valence-corrected chi connectivity index (χ4v) is 3.89. The van der Waals surface area contributed by atoms with Gasteiger partial charge in [-0.1, -0.05) is 12.1 Å². The van der Waals surface area contributed by atoms with Gasteiger partial charge in [0.1, 0.15) is 5.76 Å². The number of nitrogens with one attached hydrogen (secondary N) is 1. The number of aryl methyl sites for hydroxylation is 2. The molecule has 1 atom stereocenters. The first-order valence-electron chi connectivity index (χ1n) is 10.2. The van der Waals surface area contributed by atoms with Gasteiger partial charge < -0.3 is 9.73 Å². The third-order valence-electron chi connectivity index (χ3n) is 5.61. The first-order chi connectivity index (χ1) is 14.5. The number of hydrogen-bond donors (Lipinski definition) is 1. The molecule has 0 fully saturated rings. The minimum absolute atomic E-state index is 0.00180. The van der Waals surface area contributed by atoms with Gasteiger partial charge in [-0.3, -0.25) is 9.69 Å². The highest BCUT2D eigenvalue weighted by Gasteiger charge is 2.19. The van der Waals surface area contributed by atoms with Gasteiger partial charge in [0.25, 0.3) is 0 Å². The largest absolute Gasteiger partial charge is 0.468 e. The van der Waals surface area contributed by atoms with E-state index in [1.807, 2.05) is 73.8 Å². The Hall–Kier alpha value is -3.19. The van der Waals surface area contributed by atoms with E-state index in [1.54, 1.807) is 6.26 Å².